The molecular weight excluding hydrogens is 208 g/mol. The van der Waals surface area contributed by atoms with Gasteiger partial charge in [-0.05, 0) is 26.2 Å². The minimum absolute atomic E-state index is 0.310. The van der Waals surface area contributed by atoms with E-state index in [0.29, 0.717) is 11.4 Å². The lowest BCUT2D eigenvalue weighted by atomic mass is 10.3. The van der Waals surface area contributed by atoms with Crippen LogP contribution in [0.25, 0.3) is 0 Å². The molecule has 5 heteroatoms. The summed E-state index contributed by atoms with van der Waals surface area (Å²) in [5, 5.41) is 9.60. The normalized spacial score (nSPS) is 10.3. The largest absolute Gasteiger partial charge is 0.396 e. The molecule has 15 heavy (non-hydrogen) atoms. The monoisotopic (exact) mass is 222 g/mol. The smallest absolute Gasteiger partial charge is 0.164 e. The maximum absolute atomic E-state index is 8.75. The molecule has 0 saturated heterocycles. The molecule has 1 aromatic heterocycles. The van der Waals surface area contributed by atoms with E-state index >= 15 is 0 Å². The quantitative estimate of drug-likeness (QED) is 0.775. The van der Waals surface area contributed by atoms with Gasteiger partial charge in [0.15, 0.2) is 5.69 Å². The number of nitrogens with two attached hydrogens (primary N) is 1. The molecule has 0 amide bonds. The summed E-state index contributed by atoms with van der Waals surface area (Å²) in [4.78, 5) is 6.25. The average molecular weight is 222 g/mol. The van der Waals surface area contributed by atoms with Crippen molar-refractivity contribution in [2.45, 2.75) is 5.03 Å². The van der Waals surface area contributed by atoms with Crippen molar-refractivity contribution < 1.29 is 0 Å². The van der Waals surface area contributed by atoms with Crippen LogP contribution in [-0.4, -0.2) is 36.3 Å². The molecule has 2 N–H and O–H groups in total. The van der Waals surface area contributed by atoms with E-state index in [9.17, 15) is 0 Å². The zero-order chi connectivity index (χ0) is 11.3. The molecule has 1 rings (SSSR count). The highest BCUT2D eigenvalue weighted by Gasteiger charge is 2.02. The van der Waals surface area contributed by atoms with Crippen molar-refractivity contribution in [2.24, 2.45) is 0 Å². The average Bonchev–Trinajstić information content (AvgIpc) is 2.20. The van der Waals surface area contributed by atoms with Gasteiger partial charge in [0.05, 0.1) is 10.7 Å². The summed E-state index contributed by atoms with van der Waals surface area (Å²) < 4.78 is 0. The van der Waals surface area contributed by atoms with E-state index in [1.807, 2.05) is 26.2 Å². The van der Waals surface area contributed by atoms with Crippen LogP contribution in [0, 0.1) is 11.3 Å². The summed E-state index contributed by atoms with van der Waals surface area (Å²) >= 11 is 1.63. The number of nitriles is 1. The minimum Gasteiger partial charge on any atom is -0.396 e. The molecule has 0 unspecified atom stereocenters. The number of aromatic nitrogens is 1. The molecule has 0 aliphatic heterocycles. The van der Waals surface area contributed by atoms with Crippen LogP contribution in [0.3, 0.4) is 0 Å². The van der Waals surface area contributed by atoms with E-state index in [1.165, 1.54) is 0 Å². The molecule has 0 bridgehead atoms. The Morgan fingerprint density at radius 3 is 2.87 bits per heavy atom. The molecule has 80 valence electrons. The van der Waals surface area contributed by atoms with Crippen LogP contribution in [0.15, 0.2) is 17.2 Å². The van der Waals surface area contributed by atoms with Crippen LogP contribution in [0.5, 0.6) is 0 Å². The second kappa shape index (κ2) is 5.59. The predicted octanol–water partition coefficient (Wildman–Crippen LogP) is 1.19. The third-order valence-corrected chi connectivity index (χ3v) is 2.71. The van der Waals surface area contributed by atoms with Gasteiger partial charge in [-0.25, -0.2) is 4.98 Å². The third kappa shape index (κ3) is 3.78. The second-order valence-electron chi connectivity index (χ2n) is 3.35. The highest BCUT2D eigenvalue weighted by molar-refractivity contribution is 7.99. The first-order valence-corrected chi connectivity index (χ1v) is 5.56. The van der Waals surface area contributed by atoms with E-state index in [2.05, 4.69) is 9.88 Å². The lowest BCUT2D eigenvalue weighted by Gasteiger charge is -2.08. The molecule has 0 spiro atoms. The number of nitrogen functional groups attached to an aromatic ring is 1. The zero-order valence-corrected chi connectivity index (χ0v) is 9.71. The van der Waals surface area contributed by atoms with Crippen molar-refractivity contribution in [3.05, 3.63) is 17.8 Å². The Hall–Kier alpha value is -1.25. The lowest BCUT2D eigenvalue weighted by Crippen LogP contribution is -2.14. The molecule has 1 aromatic rings. The van der Waals surface area contributed by atoms with E-state index in [0.717, 1.165) is 17.3 Å². The summed E-state index contributed by atoms with van der Waals surface area (Å²) in [5.41, 5.74) is 6.32. The fraction of sp³-hybridized carbons (Fsp3) is 0.400. The van der Waals surface area contributed by atoms with Gasteiger partial charge in [0.25, 0.3) is 0 Å². The van der Waals surface area contributed by atoms with Crippen LogP contribution in [-0.2, 0) is 0 Å². The summed E-state index contributed by atoms with van der Waals surface area (Å²) in [6, 6.07) is 5.54. The van der Waals surface area contributed by atoms with Crippen LogP contribution in [0.2, 0.25) is 0 Å². The van der Waals surface area contributed by atoms with Gasteiger partial charge in [-0.1, -0.05) is 0 Å². The van der Waals surface area contributed by atoms with Crippen molar-refractivity contribution in [3.63, 3.8) is 0 Å². The minimum atomic E-state index is 0.310. The van der Waals surface area contributed by atoms with E-state index in [1.54, 1.807) is 17.8 Å². The van der Waals surface area contributed by atoms with Crippen LogP contribution < -0.4 is 5.73 Å². The van der Waals surface area contributed by atoms with Gasteiger partial charge in [0.1, 0.15) is 6.07 Å². The Bertz CT molecular complexity index is 370. The molecular formula is C10H14N4S. The van der Waals surface area contributed by atoms with Gasteiger partial charge >= 0.3 is 0 Å². The number of anilines is 1. The summed E-state index contributed by atoms with van der Waals surface area (Å²) in [6.45, 7) is 0.985. The van der Waals surface area contributed by atoms with Gasteiger partial charge in [0, 0.05) is 12.3 Å². The number of pyridine rings is 1. The maximum Gasteiger partial charge on any atom is 0.164 e. The van der Waals surface area contributed by atoms with Gasteiger partial charge in [-0.15, -0.1) is 11.8 Å². The number of hydrogen-bond donors (Lipinski definition) is 1. The fourth-order valence-electron chi connectivity index (χ4n) is 0.955. The first kappa shape index (κ1) is 11.8. The molecule has 0 aromatic carbocycles. The van der Waals surface area contributed by atoms with Gasteiger partial charge < -0.3 is 10.6 Å². The second-order valence-corrected chi connectivity index (χ2v) is 4.47. The number of nitrogens with zero attached hydrogens (tertiary/aromatic N) is 3. The maximum atomic E-state index is 8.75. The molecule has 0 atom stereocenters. The van der Waals surface area contributed by atoms with Crippen LogP contribution >= 0.6 is 11.8 Å². The third-order valence-electron chi connectivity index (χ3n) is 1.80. The Morgan fingerprint density at radius 2 is 2.27 bits per heavy atom. The first-order valence-electron chi connectivity index (χ1n) is 4.57. The SMILES string of the molecule is CN(C)CCSc1ccc(N)c(C#N)n1. The molecule has 1 heterocycles. The summed E-state index contributed by atoms with van der Waals surface area (Å²) in [7, 11) is 4.05. The van der Waals surface area contributed by atoms with Crippen molar-refractivity contribution in [1.29, 1.82) is 5.26 Å². The van der Waals surface area contributed by atoms with Crippen molar-refractivity contribution in [3.8, 4) is 6.07 Å². The first-order chi connectivity index (χ1) is 7.13. The van der Waals surface area contributed by atoms with Gasteiger partial charge in [-0.3, -0.25) is 0 Å². The molecule has 4 nitrogen and oxygen atoms in total. The topological polar surface area (TPSA) is 65.9 Å². The Balaban J connectivity index is 2.60. The molecule has 0 saturated carbocycles. The standard InChI is InChI=1S/C10H14N4S/c1-14(2)5-6-15-10-4-3-8(12)9(7-11)13-10/h3-4H,5-6,12H2,1-2H3. The Kier molecular flexibility index (Phi) is 4.40. The molecule has 0 aliphatic rings. The van der Waals surface area contributed by atoms with E-state index in [4.69, 9.17) is 11.0 Å². The van der Waals surface area contributed by atoms with Crippen molar-refractivity contribution in [1.82, 2.24) is 9.88 Å². The molecule has 0 aliphatic carbocycles. The van der Waals surface area contributed by atoms with Crippen molar-refractivity contribution >= 4 is 17.4 Å². The zero-order valence-electron chi connectivity index (χ0n) is 8.90. The van der Waals surface area contributed by atoms with Crippen LogP contribution in [0.4, 0.5) is 5.69 Å². The van der Waals surface area contributed by atoms with Crippen molar-refractivity contribution in [2.75, 3.05) is 32.1 Å². The predicted molar refractivity (Wildman–Crippen MR) is 62.6 cm³/mol. The Labute approximate surface area is 94.1 Å². The van der Waals surface area contributed by atoms with E-state index < -0.39 is 0 Å². The highest BCUT2D eigenvalue weighted by atomic mass is 32.2. The highest BCUT2D eigenvalue weighted by Crippen LogP contribution is 2.18. The summed E-state index contributed by atoms with van der Waals surface area (Å²) in [6.07, 6.45) is 0. The Morgan fingerprint density at radius 1 is 1.53 bits per heavy atom. The molecule has 0 fully saturated rings. The lowest BCUT2D eigenvalue weighted by molar-refractivity contribution is 0.437. The van der Waals surface area contributed by atoms with Crippen LogP contribution in [0.1, 0.15) is 5.69 Å². The number of thioether (sulfide) groups is 1. The fourth-order valence-corrected chi connectivity index (χ4v) is 1.94. The van der Waals surface area contributed by atoms with Gasteiger partial charge in [-0.2, -0.15) is 5.26 Å². The summed E-state index contributed by atoms with van der Waals surface area (Å²) in [5.74, 6) is 0.953. The van der Waals surface area contributed by atoms with E-state index in [-0.39, 0.29) is 0 Å². The number of rotatable bonds is 4. The number of hydrogen-bond acceptors (Lipinski definition) is 5. The van der Waals surface area contributed by atoms with Gasteiger partial charge in [0.2, 0.25) is 0 Å². The molecule has 0 radical (unpaired) electrons.